The highest BCUT2D eigenvalue weighted by Gasteiger charge is 2.19. The standard InChI is InChI=1S/C14H15ClFN3/c1-8-3-4-12(16)10(5-8)13(18-2)11-6-9(15)7-19-14(11)17/h3-7,13,18H,1-2H3,(H2,17,19). The predicted molar refractivity (Wildman–Crippen MR) is 75.7 cm³/mol. The van der Waals surface area contributed by atoms with Crippen molar-refractivity contribution in [2.45, 2.75) is 13.0 Å². The number of hydrogen-bond acceptors (Lipinski definition) is 3. The van der Waals surface area contributed by atoms with Crippen molar-refractivity contribution < 1.29 is 4.39 Å². The lowest BCUT2D eigenvalue weighted by molar-refractivity contribution is 0.575. The van der Waals surface area contributed by atoms with Crippen molar-refractivity contribution in [1.29, 1.82) is 0 Å². The zero-order valence-electron chi connectivity index (χ0n) is 10.7. The van der Waals surface area contributed by atoms with Crippen LogP contribution in [0, 0.1) is 12.7 Å². The topological polar surface area (TPSA) is 50.9 Å². The number of benzene rings is 1. The highest BCUT2D eigenvalue weighted by molar-refractivity contribution is 6.30. The van der Waals surface area contributed by atoms with Gasteiger partial charge in [-0.1, -0.05) is 29.3 Å². The van der Waals surface area contributed by atoms with E-state index in [0.29, 0.717) is 22.0 Å². The Kier molecular flexibility index (Phi) is 4.02. The summed E-state index contributed by atoms with van der Waals surface area (Å²) in [5.74, 6) is 0.0500. The monoisotopic (exact) mass is 279 g/mol. The fraction of sp³-hybridized carbons (Fsp3) is 0.214. The molecule has 1 unspecified atom stereocenters. The summed E-state index contributed by atoms with van der Waals surface area (Å²) in [6.45, 7) is 1.91. The Balaban J connectivity index is 2.55. The lowest BCUT2D eigenvalue weighted by atomic mass is 9.97. The van der Waals surface area contributed by atoms with Crippen LogP contribution in [0.15, 0.2) is 30.5 Å². The lowest BCUT2D eigenvalue weighted by Crippen LogP contribution is -2.21. The second-order valence-electron chi connectivity index (χ2n) is 4.37. The van der Waals surface area contributed by atoms with E-state index < -0.39 is 0 Å². The van der Waals surface area contributed by atoms with Crippen molar-refractivity contribution in [3.05, 3.63) is 58.0 Å². The zero-order valence-corrected chi connectivity index (χ0v) is 11.5. The summed E-state index contributed by atoms with van der Waals surface area (Å²) in [5, 5.41) is 3.52. The maximum Gasteiger partial charge on any atom is 0.128 e. The molecule has 0 saturated heterocycles. The summed E-state index contributed by atoms with van der Waals surface area (Å²) < 4.78 is 14.0. The maximum absolute atomic E-state index is 14.0. The number of pyridine rings is 1. The molecule has 1 aromatic heterocycles. The van der Waals surface area contributed by atoms with Gasteiger partial charge in [-0.2, -0.15) is 0 Å². The minimum absolute atomic E-state index is 0.288. The van der Waals surface area contributed by atoms with Gasteiger partial charge >= 0.3 is 0 Å². The number of aryl methyl sites for hydroxylation is 1. The number of nitrogen functional groups attached to an aromatic ring is 1. The van der Waals surface area contributed by atoms with Gasteiger partial charge < -0.3 is 11.1 Å². The number of aromatic nitrogens is 1. The molecule has 2 aromatic rings. The summed E-state index contributed by atoms with van der Waals surface area (Å²) in [6, 6.07) is 6.28. The molecule has 0 fully saturated rings. The number of nitrogens with one attached hydrogen (secondary N) is 1. The van der Waals surface area contributed by atoms with E-state index in [1.54, 1.807) is 25.2 Å². The molecule has 100 valence electrons. The average molecular weight is 280 g/mol. The number of hydrogen-bond donors (Lipinski definition) is 2. The molecule has 0 aliphatic heterocycles. The summed E-state index contributed by atoms with van der Waals surface area (Å²) in [4.78, 5) is 4.01. The van der Waals surface area contributed by atoms with Gasteiger partial charge in [-0.15, -0.1) is 0 Å². The van der Waals surface area contributed by atoms with Crippen LogP contribution in [0.5, 0.6) is 0 Å². The SMILES string of the molecule is CNC(c1cc(C)ccc1F)c1cc(Cl)cnc1N. The van der Waals surface area contributed by atoms with Gasteiger partial charge in [0.2, 0.25) is 0 Å². The van der Waals surface area contributed by atoms with Gasteiger partial charge in [-0.05, 0) is 26.1 Å². The summed E-state index contributed by atoms with van der Waals surface area (Å²) in [6.07, 6.45) is 1.47. The third-order valence-corrected chi connectivity index (χ3v) is 3.19. The lowest BCUT2D eigenvalue weighted by Gasteiger charge is -2.19. The minimum Gasteiger partial charge on any atom is -0.383 e. The van der Waals surface area contributed by atoms with Crippen LogP contribution in [0.2, 0.25) is 5.02 Å². The predicted octanol–water partition coefficient (Wildman–Crippen LogP) is 3.07. The molecule has 1 heterocycles. The molecular weight excluding hydrogens is 265 g/mol. The van der Waals surface area contributed by atoms with Crippen LogP contribution < -0.4 is 11.1 Å². The van der Waals surface area contributed by atoms with E-state index in [4.69, 9.17) is 17.3 Å². The normalized spacial score (nSPS) is 12.4. The highest BCUT2D eigenvalue weighted by Crippen LogP contribution is 2.29. The van der Waals surface area contributed by atoms with Gasteiger partial charge in [-0.25, -0.2) is 9.37 Å². The van der Waals surface area contributed by atoms with E-state index in [0.717, 1.165) is 5.56 Å². The zero-order chi connectivity index (χ0) is 14.0. The van der Waals surface area contributed by atoms with Crippen LogP contribution in [0.1, 0.15) is 22.7 Å². The quantitative estimate of drug-likeness (QED) is 0.908. The maximum atomic E-state index is 14.0. The van der Waals surface area contributed by atoms with Crippen molar-refractivity contribution in [3.63, 3.8) is 0 Å². The third-order valence-electron chi connectivity index (χ3n) is 2.98. The van der Waals surface area contributed by atoms with Gasteiger partial charge in [0.05, 0.1) is 11.1 Å². The molecule has 5 heteroatoms. The van der Waals surface area contributed by atoms with Crippen LogP contribution in [0.3, 0.4) is 0 Å². The Hall–Kier alpha value is -1.65. The Morgan fingerprint density at radius 3 is 2.74 bits per heavy atom. The summed E-state index contributed by atoms with van der Waals surface area (Å²) >= 11 is 5.94. The summed E-state index contributed by atoms with van der Waals surface area (Å²) in [7, 11) is 1.74. The second-order valence-corrected chi connectivity index (χ2v) is 4.81. The Bertz CT molecular complexity index is 550. The molecule has 0 saturated carbocycles. The van der Waals surface area contributed by atoms with Crippen molar-refractivity contribution in [2.24, 2.45) is 0 Å². The Morgan fingerprint density at radius 1 is 1.32 bits per heavy atom. The number of rotatable bonds is 3. The molecule has 0 radical (unpaired) electrons. The molecule has 0 aliphatic carbocycles. The second kappa shape index (κ2) is 5.55. The number of anilines is 1. The van der Waals surface area contributed by atoms with Gasteiger partial charge in [0.15, 0.2) is 0 Å². The first-order valence-electron chi connectivity index (χ1n) is 5.87. The molecule has 1 atom stereocenters. The first kappa shape index (κ1) is 13.8. The minimum atomic E-state index is -0.383. The van der Waals surface area contributed by atoms with Crippen LogP contribution in [0.4, 0.5) is 10.2 Å². The van der Waals surface area contributed by atoms with Gasteiger partial charge in [0.1, 0.15) is 11.6 Å². The fourth-order valence-electron chi connectivity index (χ4n) is 2.06. The Labute approximate surface area is 116 Å². The van der Waals surface area contributed by atoms with E-state index in [-0.39, 0.29) is 11.9 Å². The number of nitrogens with zero attached hydrogens (tertiary/aromatic N) is 1. The van der Waals surface area contributed by atoms with Crippen molar-refractivity contribution in [3.8, 4) is 0 Å². The van der Waals surface area contributed by atoms with E-state index >= 15 is 0 Å². The van der Waals surface area contributed by atoms with Crippen molar-refractivity contribution >= 4 is 17.4 Å². The molecular formula is C14H15ClFN3. The average Bonchev–Trinajstić information content (AvgIpc) is 2.38. The molecule has 2 rings (SSSR count). The number of halogens is 2. The molecule has 0 spiro atoms. The van der Waals surface area contributed by atoms with E-state index in [2.05, 4.69) is 10.3 Å². The Morgan fingerprint density at radius 2 is 2.05 bits per heavy atom. The molecule has 1 aromatic carbocycles. The van der Waals surface area contributed by atoms with Crippen LogP contribution in [-0.4, -0.2) is 12.0 Å². The largest absolute Gasteiger partial charge is 0.383 e. The van der Waals surface area contributed by atoms with Crippen molar-refractivity contribution in [1.82, 2.24) is 10.3 Å². The van der Waals surface area contributed by atoms with Gasteiger partial charge in [-0.3, -0.25) is 0 Å². The molecule has 19 heavy (non-hydrogen) atoms. The first-order chi connectivity index (χ1) is 9.02. The first-order valence-corrected chi connectivity index (χ1v) is 6.25. The van der Waals surface area contributed by atoms with E-state index in [1.807, 2.05) is 6.92 Å². The van der Waals surface area contributed by atoms with E-state index in [1.165, 1.54) is 12.3 Å². The van der Waals surface area contributed by atoms with Crippen LogP contribution >= 0.6 is 11.6 Å². The van der Waals surface area contributed by atoms with Crippen LogP contribution in [-0.2, 0) is 0 Å². The number of nitrogens with two attached hydrogens (primary N) is 1. The van der Waals surface area contributed by atoms with Gasteiger partial charge in [0, 0.05) is 17.3 Å². The molecule has 3 N–H and O–H groups in total. The molecule has 0 aliphatic rings. The smallest absolute Gasteiger partial charge is 0.128 e. The van der Waals surface area contributed by atoms with Crippen LogP contribution in [0.25, 0.3) is 0 Å². The fourth-order valence-corrected chi connectivity index (χ4v) is 2.23. The molecule has 0 amide bonds. The van der Waals surface area contributed by atoms with E-state index in [9.17, 15) is 4.39 Å². The van der Waals surface area contributed by atoms with Crippen molar-refractivity contribution in [2.75, 3.05) is 12.8 Å². The third kappa shape index (κ3) is 2.85. The molecule has 3 nitrogen and oxygen atoms in total. The molecule has 0 bridgehead atoms. The summed E-state index contributed by atoms with van der Waals surface area (Å²) in [5.41, 5.74) is 8.03. The highest BCUT2D eigenvalue weighted by atomic mass is 35.5. The van der Waals surface area contributed by atoms with Gasteiger partial charge in [0.25, 0.3) is 0 Å².